The number of methoxy groups -OCH3 is 2. The second-order valence-electron chi connectivity index (χ2n) is 4.51. The van der Waals surface area contributed by atoms with Gasteiger partial charge >= 0.3 is 5.69 Å². The summed E-state index contributed by atoms with van der Waals surface area (Å²) in [5, 5.41) is 0. The summed E-state index contributed by atoms with van der Waals surface area (Å²) >= 11 is 1.36. The summed E-state index contributed by atoms with van der Waals surface area (Å²) in [5.41, 5.74) is 2.22. The van der Waals surface area contributed by atoms with Gasteiger partial charge in [0.25, 0.3) is 0 Å². The van der Waals surface area contributed by atoms with E-state index in [1.165, 1.54) is 11.9 Å². The number of benzene rings is 1. The number of H-pyrrole nitrogens is 1. The summed E-state index contributed by atoms with van der Waals surface area (Å²) in [7, 11) is 3.16. The topological polar surface area (TPSA) is 69.1 Å². The highest BCUT2D eigenvalue weighted by Crippen LogP contribution is 2.31. The summed E-state index contributed by atoms with van der Waals surface area (Å²) in [4.78, 5) is 19.2. The molecule has 2 heterocycles. The van der Waals surface area contributed by atoms with Crippen LogP contribution in [-0.2, 0) is 5.75 Å². The Labute approximate surface area is 131 Å². The summed E-state index contributed by atoms with van der Waals surface area (Å²) in [6.45, 7) is 0. The van der Waals surface area contributed by atoms with Crippen molar-refractivity contribution in [2.24, 2.45) is 0 Å². The molecule has 0 bridgehead atoms. The molecule has 0 radical (unpaired) electrons. The summed E-state index contributed by atoms with van der Waals surface area (Å²) in [5.74, 6) is 1.70. The maximum atomic E-state index is 12.0. The van der Waals surface area contributed by atoms with Gasteiger partial charge in [0.2, 0.25) is 0 Å². The van der Waals surface area contributed by atoms with Gasteiger partial charge in [0.05, 0.1) is 36.7 Å². The SMILES string of the molecule is COc1ccnc(CSn2c(=O)[nH]c3ccccc32)c1OC. The van der Waals surface area contributed by atoms with E-state index in [1.54, 1.807) is 30.5 Å². The molecule has 3 aromatic rings. The van der Waals surface area contributed by atoms with Gasteiger partial charge in [0.15, 0.2) is 11.5 Å². The molecule has 3 rings (SSSR count). The zero-order valence-corrected chi connectivity index (χ0v) is 13.0. The Kier molecular flexibility index (Phi) is 4.06. The molecule has 114 valence electrons. The van der Waals surface area contributed by atoms with Crippen molar-refractivity contribution < 1.29 is 9.47 Å². The minimum Gasteiger partial charge on any atom is -0.493 e. The molecule has 7 heteroatoms. The maximum Gasteiger partial charge on any atom is 0.336 e. The van der Waals surface area contributed by atoms with Crippen LogP contribution in [0.3, 0.4) is 0 Å². The number of aromatic amines is 1. The van der Waals surface area contributed by atoms with Crippen molar-refractivity contribution in [2.45, 2.75) is 5.75 Å². The molecule has 0 amide bonds. The van der Waals surface area contributed by atoms with Gasteiger partial charge in [-0.25, -0.2) is 8.77 Å². The van der Waals surface area contributed by atoms with Gasteiger partial charge in [-0.3, -0.25) is 4.98 Å². The molecule has 0 fully saturated rings. The predicted octanol–water partition coefficient (Wildman–Crippen LogP) is 2.44. The molecule has 1 aromatic carbocycles. The van der Waals surface area contributed by atoms with E-state index in [-0.39, 0.29) is 5.69 Å². The summed E-state index contributed by atoms with van der Waals surface area (Å²) in [6.07, 6.45) is 1.66. The molecule has 1 N–H and O–H groups in total. The van der Waals surface area contributed by atoms with E-state index in [1.807, 2.05) is 24.3 Å². The van der Waals surface area contributed by atoms with Crippen molar-refractivity contribution in [1.82, 2.24) is 13.9 Å². The van der Waals surface area contributed by atoms with Crippen LogP contribution >= 0.6 is 11.9 Å². The Hall–Kier alpha value is -2.41. The van der Waals surface area contributed by atoms with E-state index < -0.39 is 0 Å². The molecule has 0 saturated carbocycles. The summed E-state index contributed by atoms with van der Waals surface area (Å²) < 4.78 is 12.2. The number of rotatable bonds is 5. The number of aromatic nitrogens is 3. The molecule has 0 aliphatic carbocycles. The number of imidazole rings is 1. The van der Waals surface area contributed by atoms with Gasteiger partial charge < -0.3 is 14.5 Å². The molecule has 6 nitrogen and oxygen atoms in total. The van der Waals surface area contributed by atoms with Gasteiger partial charge in [-0.15, -0.1) is 0 Å². The van der Waals surface area contributed by atoms with Crippen molar-refractivity contribution in [3.8, 4) is 11.5 Å². The smallest absolute Gasteiger partial charge is 0.336 e. The molecule has 0 aliphatic heterocycles. The van der Waals surface area contributed by atoms with E-state index in [0.29, 0.717) is 17.3 Å². The Balaban J connectivity index is 1.92. The van der Waals surface area contributed by atoms with E-state index in [9.17, 15) is 4.79 Å². The van der Waals surface area contributed by atoms with Crippen LogP contribution in [0.25, 0.3) is 11.0 Å². The lowest BCUT2D eigenvalue weighted by molar-refractivity contribution is 0.350. The van der Waals surface area contributed by atoms with Gasteiger partial charge in [0, 0.05) is 12.3 Å². The molecule has 0 atom stereocenters. The van der Waals surface area contributed by atoms with Crippen LogP contribution in [0.15, 0.2) is 41.3 Å². The monoisotopic (exact) mass is 317 g/mol. The number of hydrogen-bond acceptors (Lipinski definition) is 5. The maximum absolute atomic E-state index is 12.0. The zero-order chi connectivity index (χ0) is 15.5. The molecule has 22 heavy (non-hydrogen) atoms. The Bertz CT molecular complexity index is 857. The highest BCUT2D eigenvalue weighted by atomic mass is 32.2. The fourth-order valence-corrected chi connectivity index (χ4v) is 3.16. The van der Waals surface area contributed by atoms with Gasteiger partial charge in [-0.1, -0.05) is 12.1 Å². The molecular weight excluding hydrogens is 302 g/mol. The second kappa shape index (κ2) is 6.15. The fraction of sp³-hybridized carbons (Fsp3) is 0.200. The van der Waals surface area contributed by atoms with Crippen molar-refractivity contribution in [3.63, 3.8) is 0 Å². The van der Waals surface area contributed by atoms with Crippen LogP contribution in [0.5, 0.6) is 11.5 Å². The van der Waals surface area contributed by atoms with E-state index >= 15 is 0 Å². The molecule has 0 unspecified atom stereocenters. The van der Waals surface area contributed by atoms with E-state index in [4.69, 9.17) is 9.47 Å². The standard InChI is InChI=1S/C15H15N3O3S/c1-20-13-7-8-16-11(14(13)21-2)9-22-18-12-6-4-3-5-10(12)17-15(18)19/h3-8H,9H2,1-2H3,(H,17,19). The Morgan fingerprint density at radius 1 is 1.23 bits per heavy atom. The van der Waals surface area contributed by atoms with Crippen molar-refractivity contribution in [1.29, 1.82) is 0 Å². The lowest BCUT2D eigenvalue weighted by Gasteiger charge is -2.11. The average Bonchev–Trinajstić information content (AvgIpc) is 2.87. The largest absolute Gasteiger partial charge is 0.493 e. The minimum atomic E-state index is -0.159. The van der Waals surface area contributed by atoms with Gasteiger partial charge in [-0.2, -0.15) is 0 Å². The predicted molar refractivity (Wildman–Crippen MR) is 86.6 cm³/mol. The number of nitrogens with one attached hydrogen (secondary N) is 1. The Morgan fingerprint density at radius 3 is 2.82 bits per heavy atom. The van der Waals surface area contributed by atoms with Crippen molar-refractivity contribution in [3.05, 3.63) is 52.7 Å². The van der Waals surface area contributed by atoms with Crippen LogP contribution in [0.4, 0.5) is 0 Å². The van der Waals surface area contributed by atoms with Crippen LogP contribution in [0.2, 0.25) is 0 Å². The lowest BCUT2D eigenvalue weighted by Crippen LogP contribution is -2.11. The number of fused-ring (bicyclic) bond motifs is 1. The highest BCUT2D eigenvalue weighted by Gasteiger charge is 2.13. The van der Waals surface area contributed by atoms with E-state index in [2.05, 4.69) is 9.97 Å². The van der Waals surface area contributed by atoms with Gasteiger partial charge in [-0.05, 0) is 24.1 Å². The number of para-hydroxylation sites is 2. The first-order valence-corrected chi connectivity index (χ1v) is 7.57. The molecular formula is C15H15N3O3S. The van der Waals surface area contributed by atoms with Crippen LogP contribution < -0.4 is 15.2 Å². The molecule has 0 saturated heterocycles. The lowest BCUT2D eigenvalue weighted by atomic mass is 10.3. The Morgan fingerprint density at radius 2 is 2.05 bits per heavy atom. The normalized spacial score (nSPS) is 10.8. The second-order valence-corrected chi connectivity index (χ2v) is 5.42. The number of nitrogens with zero attached hydrogens (tertiary/aromatic N) is 2. The first kappa shape index (κ1) is 14.5. The molecule has 2 aromatic heterocycles. The van der Waals surface area contributed by atoms with Crippen LogP contribution in [0.1, 0.15) is 5.69 Å². The van der Waals surface area contributed by atoms with E-state index in [0.717, 1.165) is 16.7 Å². The van der Waals surface area contributed by atoms with Crippen LogP contribution in [0, 0.1) is 0 Å². The third-order valence-electron chi connectivity index (χ3n) is 3.25. The third kappa shape index (κ3) is 2.55. The van der Waals surface area contributed by atoms with Crippen molar-refractivity contribution >= 4 is 23.0 Å². The number of ether oxygens (including phenoxy) is 2. The zero-order valence-electron chi connectivity index (χ0n) is 12.2. The van der Waals surface area contributed by atoms with Crippen molar-refractivity contribution in [2.75, 3.05) is 14.2 Å². The quantitative estimate of drug-likeness (QED) is 0.783. The van der Waals surface area contributed by atoms with Gasteiger partial charge in [0.1, 0.15) is 0 Å². The number of hydrogen-bond donors (Lipinski definition) is 1. The fourth-order valence-electron chi connectivity index (χ4n) is 2.24. The third-order valence-corrected chi connectivity index (χ3v) is 4.27. The minimum absolute atomic E-state index is 0.159. The number of pyridine rings is 1. The molecule has 0 spiro atoms. The highest BCUT2D eigenvalue weighted by molar-refractivity contribution is 7.97. The average molecular weight is 317 g/mol. The van der Waals surface area contributed by atoms with Crippen LogP contribution in [-0.4, -0.2) is 28.2 Å². The molecule has 0 aliphatic rings. The summed E-state index contributed by atoms with van der Waals surface area (Å²) in [6, 6.07) is 9.30. The first-order chi connectivity index (χ1) is 10.7. The first-order valence-electron chi connectivity index (χ1n) is 6.63.